The first kappa shape index (κ1) is 30.0. The van der Waals surface area contributed by atoms with Gasteiger partial charge < -0.3 is 4.42 Å². The number of hydrogen-bond donors (Lipinski definition) is 0. The summed E-state index contributed by atoms with van der Waals surface area (Å²) >= 11 is 0. The molecule has 0 atom stereocenters. The maximum Gasteiger partial charge on any atom is 0.143 e. The Morgan fingerprint density at radius 3 is 1.33 bits per heavy atom. The summed E-state index contributed by atoms with van der Waals surface area (Å²) in [5, 5.41) is 11.4. The second kappa shape index (κ2) is 12.7. The summed E-state index contributed by atoms with van der Waals surface area (Å²) in [6.45, 7) is 0. The van der Waals surface area contributed by atoms with Crippen molar-refractivity contribution in [2.45, 2.75) is 0 Å². The molecule has 0 radical (unpaired) electrons. The molecule has 0 fully saturated rings. The summed E-state index contributed by atoms with van der Waals surface area (Å²) in [7, 11) is 0. The van der Waals surface area contributed by atoms with Crippen LogP contribution >= 0.6 is 0 Å². The minimum absolute atomic E-state index is 0.628. The fourth-order valence-electron chi connectivity index (χ4n) is 6.80. The normalized spacial score (nSPS) is 11.1. The molecule has 4 heteroatoms. The summed E-state index contributed by atoms with van der Waals surface area (Å²) in [6.07, 6.45) is 3.90. The molecule has 0 aliphatic carbocycles. The first-order valence-corrected chi connectivity index (χ1v) is 16.9. The second-order valence-electron chi connectivity index (χ2n) is 12.6. The van der Waals surface area contributed by atoms with Crippen molar-refractivity contribution < 1.29 is 4.42 Å². The quantitative estimate of drug-likeness (QED) is 0.179. The summed E-state index contributed by atoms with van der Waals surface area (Å²) in [5.74, 6) is 0. The molecule has 9 rings (SSSR count). The second-order valence-corrected chi connectivity index (χ2v) is 12.6. The zero-order chi connectivity index (χ0) is 34.1. The molecule has 9 aromatic rings. The van der Waals surface area contributed by atoms with Crippen molar-refractivity contribution in [1.29, 1.82) is 5.26 Å². The first-order valence-electron chi connectivity index (χ1n) is 16.9. The SMILES string of the molecule is N#Cc1ccc(-c2cccc3c2oc2c(-c4cc(-c5ccc(-c6ccccc6)nc5)cc(-c5ccc(-c6ccccc6)nc5)c4)cccc23)cc1. The Balaban J connectivity index is 1.20. The molecule has 0 aliphatic rings. The number of nitriles is 1. The van der Waals surface area contributed by atoms with E-state index in [1.165, 1.54) is 0 Å². The molecule has 0 saturated heterocycles. The average Bonchev–Trinajstić information content (AvgIpc) is 3.61. The Morgan fingerprint density at radius 2 is 0.863 bits per heavy atom. The standard InChI is InChI=1S/C47H29N3O/c48-28-31-17-19-32(20-18-31)40-13-7-15-42-43-16-8-14-41(47(43)51-46(40)42)39-26-37(35-21-23-44(49-29-35)33-9-3-1-4-10-33)25-38(27-39)36-22-24-45(50-30-36)34-11-5-2-6-12-34/h1-27,29-30H. The molecule has 3 heterocycles. The van der Waals surface area contributed by atoms with E-state index in [2.05, 4.69) is 109 Å². The zero-order valence-corrected chi connectivity index (χ0v) is 27.5. The maximum absolute atomic E-state index is 9.33. The zero-order valence-electron chi connectivity index (χ0n) is 27.5. The van der Waals surface area contributed by atoms with Gasteiger partial charge in [0.2, 0.25) is 0 Å². The number of para-hydroxylation sites is 2. The van der Waals surface area contributed by atoms with Gasteiger partial charge in [0.25, 0.3) is 0 Å². The van der Waals surface area contributed by atoms with E-state index in [1.807, 2.05) is 73.1 Å². The number of aromatic nitrogens is 2. The molecule has 6 aromatic carbocycles. The van der Waals surface area contributed by atoms with Crippen molar-refractivity contribution in [2.75, 3.05) is 0 Å². The van der Waals surface area contributed by atoms with Crippen molar-refractivity contribution in [1.82, 2.24) is 9.97 Å². The highest BCUT2D eigenvalue weighted by Gasteiger charge is 2.17. The third kappa shape index (κ3) is 5.63. The van der Waals surface area contributed by atoms with E-state index in [0.29, 0.717) is 5.56 Å². The van der Waals surface area contributed by atoms with Crippen LogP contribution in [0.4, 0.5) is 0 Å². The van der Waals surface area contributed by atoms with Crippen molar-refractivity contribution in [3.63, 3.8) is 0 Å². The van der Waals surface area contributed by atoms with Crippen LogP contribution in [0.2, 0.25) is 0 Å². The number of benzene rings is 6. The molecule has 51 heavy (non-hydrogen) atoms. The highest BCUT2D eigenvalue weighted by atomic mass is 16.3. The molecule has 0 amide bonds. The Kier molecular flexibility index (Phi) is 7.50. The van der Waals surface area contributed by atoms with Crippen molar-refractivity contribution in [3.8, 4) is 73.1 Å². The monoisotopic (exact) mass is 651 g/mol. The summed E-state index contributed by atoms with van der Waals surface area (Å²) < 4.78 is 6.81. The topological polar surface area (TPSA) is 62.7 Å². The van der Waals surface area contributed by atoms with Crippen molar-refractivity contribution in [2.24, 2.45) is 0 Å². The van der Waals surface area contributed by atoms with Gasteiger partial charge in [-0.15, -0.1) is 0 Å². The Bertz CT molecular complexity index is 2610. The van der Waals surface area contributed by atoms with Crippen molar-refractivity contribution >= 4 is 21.9 Å². The highest BCUT2D eigenvalue weighted by molar-refractivity contribution is 6.13. The highest BCUT2D eigenvalue weighted by Crippen LogP contribution is 2.42. The third-order valence-corrected chi connectivity index (χ3v) is 9.43. The lowest BCUT2D eigenvalue weighted by molar-refractivity contribution is 0.671. The van der Waals surface area contributed by atoms with Crippen molar-refractivity contribution in [3.05, 3.63) is 182 Å². The van der Waals surface area contributed by atoms with Crippen LogP contribution in [-0.2, 0) is 0 Å². The fourth-order valence-corrected chi connectivity index (χ4v) is 6.80. The maximum atomic E-state index is 9.33. The van der Waals surface area contributed by atoms with Gasteiger partial charge in [0.1, 0.15) is 11.2 Å². The molecule has 0 N–H and O–H groups in total. The predicted molar refractivity (Wildman–Crippen MR) is 207 cm³/mol. The molecular formula is C47H29N3O. The van der Waals surface area contributed by atoms with Crippen LogP contribution in [0.15, 0.2) is 181 Å². The molecule has 0 spiro atoms. The van der Waals surface area contributed by atoms with Gasteiger partial charge in [0.05, 0.1) is 23.0 Å². The van der Waals surface area contributed by atoms with E-state index < -0.39 is 0 Å². The summed E-state index contributed by atoms with van der Waals surface area (Å²) in [4.78, 5) is 9.71. The van der Waals surface area contributed by atoms with Gasteiger partial charge in [-0.3, -0.25) is 9.97 Å². The number of furan rings is 1. The minimum Gasteiger partial charge on any atom is -0.455 e. The average molecular weight is 652 g/mol. The first-order chi connectivity index (χ1) is 25.2. The van der Waals surface area contributed by atoms with E-state index in [1.54, 1.807) is 0 Å². The molecule has 0 unspecified atom stereocenters. The fraction of sp³-hybridized carbons (Fsp3) is 0. The molecular weight excluding hydrogens is 623 g/mol. The van der Waals surface area contributed by atoms with Gasteiger partial charge in [-0.2, -0.15) is 5.26 Å². The molecule has 238 valence electrons. The number of nitrogens with zero attached hydrogens (tertiary/aromatic N) is 3. The lowest BCUT2D eigenvalue weighted by Crippen LogP contribution is -1.90. The summed E-state index contributed by atoms with van der Waals surface area (Å²) in [5.41, 5.74) is 14.5. The van der Waals surface area contributed by atoms with Gasteiger partial charge in [0.15, 0.2) is 0 Å². The number of hydrogen-bond acceptors (Lipinski definition) is 4. The number of rotatable bonds is 6. The Labute approximate surface area is 295 Å². The number of fused-ring (bicyclic) bond motifs is 3. The summed E-state index contributed by atoms with van der Waals surface area (Å²) in [6, 6.07) is 58.0. The molecule has 0 bridgehead atoms. The van der Waals surface area contributed by atoms with E-state index in [4.69, 9.17) is 14.4 Å². The van der Waals surface area contributed by atoms with Crippen LogP contribution < -0.4 is 0 Å². The van der Waals surface area contributed by atoms with E-state index in [9.17, 15) is 5.26 Å². The van der Waals surface area contributed by atoms with Gasteiger partial charge in [-0.25, -0.2) is 0 Å². The number of pyridine rings is 2. The molecule has 3 aromatic heterocycles. The largest absolute Gasteiger partial charge is 0.455 e. The van der Waals surface area contributed by atoms with Gasteiger partial charge in [-0.1, -0.05) is 121 Å². The van der Waals surface area contributed by atoms with E-state index in [-0.39, 0.29) is 0 Å². The Morgan fingerprint density at radius 1 is 0.392 bits per heavy atom. The van der Waals surface area contributed by atoms with Gasteiger partial charge >= 0.3 is 0 Å². The van der Waals surface area contributed by atoms with Crippen LogP contribution in [0.25, 0.3) is 89.0 Å². The van der Waals surface area contributed by atoms with Crippen LogP contribution in [0, 0.1) is 11.3 Å². The van der Waals surface area contributed by atoms with Gasteiger partial charge in [-0.05, 0) is 64.7 Å². The minimum atomic E-state index is 0.628. The van der Waals surface area contributed by atoms with Crippen LogP contribution in [-0.4, -0.2) is 9.97 Å². The third-order valence-electron chi connectivity index (χ3n) is 9.43. The van der Waals surface area contributed by atoms with Crippen LogP contribution in [0.5, 0.6) is 0 Å². The predicted octanol–water partition coefficient (Wildman–Crippen LogP) is 12.2. The molecule has 0 aliphatic heterocycles. The lowest BCUT2D eigenvalue weighted by atomic mass is 9.93. The van der Waals surface area contributed by atoms with E-state index >= 15 is 0 Å². The van der Waals surface area contributed by atoms with Crippen LogP contribution in [0.1, 0.15) is 5.56 Å². The molecule has 4 nitrogen and oxygen atoms in total. The van der Waals surface area contributed by atoms with Crippen LogP contribution in [0.3, 0.4) is 0 Å². The van der Waals surface area contributed by atoms with E-state index in [0.717, 1.165) is 89.0 Å². The van der Waals surface area contributed by atoms with Gasteiger partial charge in [0, 0.05) is 56.5 Å². The Hall–Kier alpha value is -7.09. The molecule has 0 saturated carbocycles. The smallest absolute Gasteiger partial charge is 0.143 e. The lowest BCUT2D eigenvalue weighted by Gasteiger charge is -2.12.